The fourth-order valence-corrected chi connectivity index (χ4v) is 4.05. The minimum atomic E-state index is -4.50. The zero-order chi connectivity index (χ0) is 21.7. The number of sulfonamides is 1. The summed E-state index contributed by atoms with van der Waals surface area (Å²) >= 11 is 0. The summed E-state index contributed by atoms with van der Waals surface area (Å²) in [5.41, 5.74) is -0.929. The number of alkyl halides is 3. The molecule has 1 aliphatic heterocycles. The lowest BCUT2D eigenvalue weighted by Gasteiger charge is -2.31. The van der Waals surface area contributed by atoms with Crippen LogP contribution in [-0.4, -0.2) is 61.1 Å². The molecule has 1 amide bonds. The van der Waals surface area contributed by atoms with Crippen molar-refractivity contribution in [2.75, 3.05) is 30.3 Å². The number of nitrogens with one attached hydrogen (secondary N) is 2. The number of rotatable bonds is 8. The highest BCUT2D eigenvalue weighted by atomic mass is 32.2. The number of halogens is 3. The monoisotopic (exact) mass is 441 g/mol. The number of amides is 1. The maximum Gasteiger partial charge on any atom is 0.419 e. The van der Waals surface area contributed by atoms with Crippen molar-refractivity contribution in [3.05, 3.63) is 18.0 Å². The highest BCUT2D eigenvalue weighted by Crippen LogP contribution is 2.29. The summed E-state index contributed by atoms with van der Waals surface area (Å²) in [6, 6.07) is -0.595. The number of hydrogen-bond donors (Lipinski definition) is 3. The van der Waals surface area contributed by atoms with E-state index in [9.17, 15) is 26.4 Å². The van der Waals surface area contributed by atoms with E-state index in [1.54, 1.807) is 4.90 Å². The molecule has 0 aliphatic carbocycles. The molecule has 10 nitrogen and oxygen atoms in total. The number of nitrogens with zero attached hydrogens (tertiary/aromatic N) is 3. The first-order valence-corrected chi connectivity index (χ1v) is 10.4. The predicted molar refractivity (Wildman–Crippen MR) is 95.5 cm³/mol. The van der Waals surface area contributed by atoms with E-state index in [2.05, 4.69) is 15.3 Å². The predicted octanol–water partition coefficient (Wildman–Crippen LogP) is 1.22. The number of aromatic nitrogens is 2. The molecule has 1 aromatic rings. The third kappa shape index (κ3) is 7.62. The van der Waals surface area contributed by atoms with E-state index < -0.39 is 33.9 Å². The van der Waals surface area contributed by atoms with Gasteiger partial charge in [0.05, 0.1) is 24.0 Å². The Morgan fingerprint density at radius 2 is 1.93 bits per heavy atom. The molecule has 0 radical (unpaired) electrons. The molecule has 1 aliphatic rings. The summed E-state index contributed by atoms with van der Waals surface area (Å²) in [4.78, 5) is 26.5. The molecule has 1 fully saturated rings. The van der Waals surface area contributed by atoms with E-state index in [0.29, 0.717) is 25.9 Å². The van der Waals surface area contributed by atoms with Crippen molar-refractivity contribution in [1.82, 2.24) is 20.2 Å². The number of hydrogen-bond acceptors (Lipinski definition) is 7. The van der Waals surface area contributed by atoms with Gasteiger partial charge in [-0.3, -0.25) is 4.84 Å². The van der Waals surface area contributed by atoms with Gasteiger partial charge in [-0.25, -0.2) is 23.2 Å². The van der Waals surface area contributed by atoms with Gasteiger partial charge in [-0.15, -0.1) is 0 Å². The van der Waals surface area contributed by atoms with Crippen LogP contribution in [0.2, 0.25) is 0 Å². The molecule has 14 heteroatoms. The lowest BCUT2D eigenvalue weighted by molar-refractivity contribution is -0.138. The summed E-state index contributed by atoms with van der Waals surface area (Å²) < 4.78 is 61.8. The molecule has 1 atom stereocenters. The highest BCUT2D eigenvalue weighted by molar-refractivity contribution is 7.89. The van der Waals surface area contributed by atoms with Gasteiger partial charge in [0.2, 0.25) is 16.0 Å². The summed E-state index contributed by atoms with van der Waals surface area (Å²) in [6.07, 6.45) is -3.32. The van der Waals surface area contributed by atoms with Crippen molar-refractivity contribution < 1.29 is 36.3 Å². The van der Waals surface area contributed by atoms with Crippen molar-refractivity contribution in [1.29, 1.82) is 0 Å². The van der Waals surface area contributed by atoms with Crippen LogP contribution >= 0.6 is 0 Å². The minimum Gasteiger partial charge on any atom is -0.465 e. The van der Waals surface area contributed by atoms with Crippen molar-refractivity contribution >= 4 is 22.1 Å². The quantitative estimate of drug-likeness (QED) is 0.513. The van der Waals surface area contributed by atoms with Crippen LogP contribution in [0.15, 0.2) is 12.4 Å². The second-order valence-electron chi connectivity index (χ2n) is 6.73. The molecule has 2 rings (SSSR count). The lowest BCUT2D eigenvalue weighted by Crippen LogP contribution is -2.40. The van der Waals surface area contributed by atoms with Crippen LogP contribution in [0, 0.1) is 5.92 Å². The first-order chi connectivity index (χ1) is 13.5. The third-order valence-electron chi connectivity index (χ3n) is 4.21. The van der Waals surface area contributed by atoms with E-state index in [0.717, 1.165) is 12.4 Å². The van der Waals surface area contributed by atoms with Gasteiger partial charge in [0, 0.05) is 25.5 Å². The molecule has 1 unspecified atom stereocenters. The van der Waals surface area contributed by atoms with Gasteiger partial charge in [0.25, 0.3) is 0 Å². The zero-order valence-corrected chi connectivity index (χ0v) is 16.3. The molecule has 0 spiro atoms. The number of anilines is 1. The highest BCUT2D eigenvalue weighted by Gasteiger charge is 2.32. The Bertz CT molecular complexity index is 783. The van der Waals surface area contributed by atoms with Gasteiger partial charge in [-0.1, -0.05) is 4.89 Å². The van der Waals surface area contributed by atoms with Crippen LogP contribution in [-0.2, 0) is 21.0 Å². The Kier molecular flexibility index (Phi) is 7.60. The first-order valence-electron chi connectivity index (χ1n) is 8.71. The Balaban J connectivity index is 1.78. The van der Waals surface area contributed by atoms with Gasteiger partial charge in [0.1, 0.15) is 0 Å². The van der Waals surface area contributed by atoms with Crippen LogP contribution in [0.3, 0.4) is 0 Å². The van der Waals surface area contributed by atoms with E-state index in [1.165, 1.54) is 6.92 Å². The summed E-state index contributed by atoms with van der Waals surface area (Å²) in [5, 5.41) is 10.7. The lowest BCUT2D eigenvalue weighted by atomic mass is 9.99. The van der Waals surface area contributed by atoms with E-state index in [-0.39, 0.29) is 24.2 Å². The maximum atomic E-state index is 12.6. The minimum absolute atomic E-state index is 0.167. The SMILES string of the molecule is CC(CONS(=O)(=O)CC1CCN(c2ncc(C(F)(F)F)cn2)CC1)NC(=O)O. The molecule has 3 N–H and O–H groups in total. The Hall–Kier alpha value is -2.19. The molecule has 164 valence electrons. The molecule has 29 heavy (non-hydrogen) atoms. The van der Waals surface area contributed by atoms with Crippen LogP contribution in [0.4, 0.5) is 23.9 Å². The van der Waals surface area contributed by atoms with Gasteiger partial charge in [0.15, 0.2) is 0 Å². The first kappa shape index (κ1) is 23.1. The van der Waals surface area contributed by atoms with Crippen molar-refractivity contribution in [3.8, 4) is 0 Å². The molecular weight excluding hydrogens is 419 g/mol. The molecule has 2 heterocycles. The number of carboxylic acid groups (broad SMARTS) is 1. The van der Waals surface area contributed by atoms with Crippen molar-refractivity contribution in [2.45, 2.75) is 32.0 Å². The largest absolute Gasteiger partial charge is 0.465 e. The molecular formula is C15H22F3N5O5S. The van der Waals surface area contributed by atoms with Crippen LogP contribution in [0.1, 0.15) is 25.3 Å². The maximum absolute atomic E-state index is 12.6. The normalized spacial score (nSPS) is 17.2. The van der Waals surface area contributed by atoms with Gasteiger partial charge < -0.3 is 15.3 Å². The van der Waals surface area contributed by atoms with Crippen LogP contribution in [0.5, 0.6) is 0 Å². The molecule has 1 aromatic heterocycles. The summed E-state index contributed by atoms with van der Waals surface area (Å²) in [6.45, 7) is 2.16. The van der Waals surface area contributed by atoms with Gasteiger partial charge in [-0.2, -0.15) is 13.2 Å². The average molecular weight is 441 g/mol. The average Bonchev–Trinajstić information content (AvgIpc) is 2.60. The molecule has 0 saturated carbocycles. The topological polar surface area (TPSA) is 134 Å². The third-order valence-corrected chi connectivity index (χ3v) is 5.49. The van der Waals surface area contributed by atoms with E-state index in [1.807, 2.05) is 4.89 Å². The standard InChI is InChI=1S/C15H22F3N5O5S/c1-10(21-14(24)25)8-28-22-29(26,27)9-11-2-4-23(5-3-11)13-19-6-12(7-20-13)15(16,17)18/h6-7,10-11,21-22H,2-5,8-9H2,1H3,(H,24,25). The van der Waals surface area contributed by atoms with Crippen LogP contribution < -0.4 is 15.1 Å². The van der Waals surface area contributed by atoms with E-state index >= 15 is 0 Å². The fraction of sp³-hybridized carbons (Fsp3) is 0.667. The van der Waals surface area contributed by atoms with Gasteiger partial charge in [-0.05, 0) is 25.7 Å². The Morgan fingerprint density at radius 1 is 1.34 bits per heavy atom. The molecule has 0 bridgehead atoms. The van der Waals surface area contributed by atoms with Crippen molar-refractivity contribution in [2.24, 2.45) is 5.92 Å². The Labute approximate surface area is 165 Å². The zero-order valence-electron chi connectivity index (χ0n) is 15.5. The number of carbonyl (C=O) groups is 1. The smallest absolute Gasteiger partial charge is 0.419 e. The fourth-order valence-electron chi connectivity index (χ4n) is 2.78. The molecule has 0 aromatic carbocycles. The number of piperidine rings is 1. The second-order valence-corrected chi connectivity index (χ2v) is 8.46. The van der Waals surface area contributed by atoms with Crippen molar-refractivity contribution in [3.63, 3.8) is 0 Å². The van der Waals surface area contributed by atoms with Gasteiger partial charge >= 0.3 is 12.3 Å². The van der Waals surface area contributed by atoms with Crippen LogP contribution in [0.25, 0.3) is 0 Å². The Morgan fingerprint density at radius 3 is 2.45 bits per heavy atom. The summed E-state index contributed by atoms with van der Waals surface area (Å²) in [5.74, 6) is -0.188. The summed E-state index contributed by atoms with van der Waals surface area (Å²) in [7, 11) is -3.73. The van der Waals surface area contributed by atoms with E-state index in [4.69, 9.17) is 9.94 Å². The second kappa shape index (κ2) is 9.54. The molecule has 1 saturated heterocycles.